The molecule has 6 nitrogen and oxygen atoms in total. The Morgan fingerprint density at radius 1 is 0.912 bits per heavy atom. The summed E-state index contributed by atoms with van der Waals surface area (Å²) in [7, 11) is 0. The average Bonchev–Trinajstić information content (AvgIpc) is 3.04. The number of fused-ring (bicyclic) bond motifs is 1. The summed E-state index contributed by atoms with van der Waals surface area (Å²) < 4.78 is 0. The smallest absolute Gasteiger partial charge is 0.273 e. The van der Waals surface area contributed by atoms with Crippen molar-refractivity contribution in [2.24, 2.45) is 11.8 Å². The van der Waals surface area contributed by atoms with Gasteiger partial charge >= 0.3 is 0 Å². The van der Waals surface area contributed by atoms with Crippen molar-refractivity contribution >= 4 is 67.0 Å². The normalized spacial score (nSPS) is 25.1. The number of rotatable bonds is 5. The van der Waals surface area contributed by atoms with Crippen LogP contribution in [0.25, 0.3) is 0 Å². The number of hydrazine groups is 1. The molecule has 1 aliphatic carbocycles. The molecular weight excluding hydrogens is 588 g/mol. The molecule has 34 heavy (non-hydrogen) atoms. The number of Topliss-reactive ketones (excluding diaryl/α,β-unsaturated/α-hetero) is 1. The molecule has 1 saturated carbocycles. The van der Waals surface area contributed by atoms with Crippen molar-refractivity contribution in [3.8, 4) is 0 Å². The van der Waals surface area contributed by atoms with Gasteiger partial charge in [0, 0.05) is 25.8 Å². The third-order valence-electron chi connectivity index (χ3n) is 6.49. The minimum absolute atomic E-state index is 0.0254. The Balaban J connectivity index is 1.74. The number of amides is 3. The second-order valence-electron chi connectivity index (χ2n) is 8.77. The zero-order valence-electron chi connectivity index (χ0n) is 18.6. The van der Waals surface area contributed by atoms with Crippen LogP contribution >= 0.6 is 43.5 Å². The van der Waals surface area contributed by atoms with Gasteiger partial charge in [-0.3, -0.25) is 19.2 Å². The third kappa shape index (κ3) is 4.60. The van der Waals surface area contributed by atoms with Gasteiger partial charge in [0.15, 0.2) is 5.78 Å². The summed E-state index contributed by atoms with van der Waals surface area (Å²) in [4.78, 5) is 54.1. The Morgan fingerprint density at radius 3 is 1.88 bits per heavy atom. The number of ketones is 1. The van der Waals surface area contributed by atoms with Crippen LogP contribution in [0, 0.1) is 18.8 Å². The Bertz CT molecular complexity index is 1110. The van der Waals surface area contributed by atoms with Crippen LogP contribution in [0.4, 0.5) is 0 Å². The van der Waals surface area contributed by atoms with Crippen LogP contribution in [-0.4, -0.2) is 49.2 Å². The van der Waals surface area contributed by atoms with Crippen LogP contribution in [-0.2, 0) is 9.59 Å². The first-order valence-corrected chi connectivity index (χ1v) is 13.2. The second-order valence-corrected chi connectivity index (χ2v) is 11.6. The molecular formula is C25H23Br2ClN2O4. The summed E-state index contributed by atoms with van der Waals surface area (Å²) in [5.41, 5.74) is 1.60. The third-order valence-corrected chi connectivity index (χ3v) is 9.47. The van der Waals surface area contributed by atoms with E-state index < -0.39 is 35.6 Å². The molecule has 1 heterocycles. The lowest BCUT2D eigenvalue weighted by atomic mass is 9.81. The molecule has 1 saturated heterocycles. The fourth-order valence-corrected chi connectivity index (χ4v) is 5.89. The van der Waals surface area contributed by atoms with Crippen molar-refractivity contribution in [3.05, 3.63) is 70.2 Å². The standard InChI is InChI=1S/C25H23Br2ClN2O4/c1-13-3-5-15(6-4-13)22(31)14(2)29(23(32)16-7-9-17(28)10-8-16)30-24(33)18-11-20(26)21(27)12-19(18)25(30)34/h3-10,14,18-21H,11-12H2,1-2H3/t14-,18+,19+,20-,21-/m0/s1. The summed E-state index contributed by atoms with van der Waals surface area (Å²) in [5, 5.41) is 2.38. The maximum atomic E-state index is 13.7. The molecule has 2 aromatic carbocycles. The van der Waals surface area contributed by atoms with Gasteiger partial charge in [0.05, 0.1) is 11.8 Å². The zero-order valence-corrected chi connectivity index (χ0v) is 22.5. The van der Waals surface area contributed by atoms with Gasteiger partial charge in [-0.25, -0.2) is 5.01 Å². The average molecular weight is 611 g/mol. The van der Waals surface area contributed by atoms with Gasteiger partial charge in [-0.1, -0.05) is 73.3 Å². The number of benzene rings is 2. The summed E-state index contributed by atoms with van der Waals surface area (Å²) in [6.45, 7) is 3.45. The van der Waals surface area contributed by atoms with Crippen molar-refractivity contribution < 1.29 is 19.2 Å². The van der Waals surface area contributed by atoms with E-state index in [1.807, 2.05) is 6.92 Å². The Morgan fingerprint density at radius 2 is 1.38 bits per heavy atom. The van der Waals surface area contributed by atoms with Crippen LogP contribution < -0.4 is 0 Å². The molecule has 0 spiro atoms. The zero-order chi connectivity index (χ0) is 24.7. The van der Waals surface area contributed by atoms with E-state index in [0.29, 0.717) is 23.4 Å². The van der Waals surface area contributed by atoms with Gasteiger partial charge in [-0.2, -0.15) is 5.01 Å². The molecule has 9 heteroatoms. The molecule has 2 fully saturated rings. The van der Waals surface area contributed by atoms with Crippen molar-refractivity contribution in [1.29, 1.82) is 0 Å². The molecule has 0 N–H and O–H groups in total. The van der Waals surface area contributed by atoms with Crippen molar-refractivity contribution in [2.45, 2.75) is 42.4 Å². The largest absolute Gasteiger partial charge is 0.292 e. The number of imide groups is 1. The summed E-state index contributed by atoms with van der Waals surface area (Å²) in [6.07, 6.45) is 0.926. The van der Waals surface area contributed by atoms with Crippen molar-refractivity contribution in [2.75, 3.05) is 0 Å². The molecule has 178 valence electrons. The van der Waals surface area contributed by atoms with E-state index in [1.54, 1.807) is 43.3 Å². The van der Waals surface area contributed by atoms with E-state index >= 15 is 0 Å². The van der Waals surface area contributed by atoms with Gasteiger partial charge in [-0.05, 0) is 51.0 Å². The van der Waals surface area contributed by atoms with Crippen LogP contribution in [0.1, 0.15) is 46.0 Å². The van der Waals surface area contributed by atoms with E-state index in [1.165, 1.54) is 12.1 Å². The van der Waals surface area contributed by atoms with Crippen molar-refractivity contribution in [1.82, 2.24) is 10.0 Å². The molecule has 2 aliphatic rings. The maximum Gasteiger partial charge on any atom is 0.273 e. The van der Waals surface area contributed by atoms with Gasteiger partial charge in [0.25, 0.3) is 17.7 Å². The second kappa shape index (κ2) is 9.91. The summed E-state index contributed by atoms with van der Waals surface area (Å²) in [6, 6.07) is 12.0. The van der Waals surface area contributed by atoms with Crippen LogP contribution in [0.5, 0.6) is 0 Å². The van der Waals surface area contributed by atoms with E-state index in [2.05, 4.69) is 31.9 Å². The highest BCUT2D eigenvalue weighted by Crippen LogP contribution is 2.44. The minimum atomic E-state index is -1.08. The molecule has 3 amide bonds. The van der Waals surface area contributed by atoms with Crippen LogP contribution in [0.2, 0.25) is 5.02 Å². The molecule has 0 unspecified atom stereocenters. The first-order valence-electron chi connectivity index (χ1n) is 11.0. The van der Waals surface area contributed by atoms with Gasteiger partial charge in [0.1, 0.15) is 6.04 Å². The minimum Gasteiger partial charge on any atom is -0.292 e. The molecule has 5 atom stereocenters. The predicted molar refractivity (Wildman–Crippen MR) is 136 cm³/mol. The SMILES string of the molecule is Cc1ccc(C(=O)[C@H](C)N(C(=O)c2ccc(Cl)cc2)N2C(=O)[C@@H]3C[C@H](Br)[C@@H](Br)C[C@H]3C2=O)cc1. The van der Waals surface area contributed by atoms with E-state index in [-0.39, 0.29) is 21.0 Å². The van der Waals surface area contributed by atoms with Crippen LogP contribution in [0.3, 0.4) is 0 Å². The highest BCUT2D eigenvalue weighted by molar-refractivity contribution is 9.12. The Labute approximate surface area is 219 Å². The molecule has 1 aliphatic heterocycles. The van der Waals surface area contributed by atoms with Crippen molar-refractivity contribution in [3.63, 3.8) is 0 Å². The number of nitrogens with zero attached hydrogens (tertiary/aromatic N) is 2. The Hall–Kier alpha value is -2.03. The molecule has 0 aromatic heterocycles. The first-order chi connectivity index (χ1) is 16.1. The highest BCUT2D eigenvalue weighted by atomic mass is 79.9. The molecule has 0 radical (unpaired) electrons. The number of carbonyl (C=O) groups is 4. The quantitative estimate of drug-likeness (QED) is 0.265. The van der Waals surface area contributed by atoms with Crippen LogP contribution in [0.15, 0.2) is 48.5 Å². The van der Waals surface area contributed by atoms with Gasteiger partial charge in [0.2, 0.25) is 0 Å². The first kappa shape index (κ1) is 25.1. The summed E-state index contributed by atoms with van der Waals surface area (Å²) >= 11 is 13.1. The highest BCUT2D eigenvalue weighted by Gasteiger charge is 2.55. The monoisotopic (exact) mass is 608 g/mol. The topological polar surface area (TPSA) is 74.8 Å². The van der Waals surface area contributed by atoms with Gasteiger partial charge < -0.3 is 0 Å². The predicted octanol–water partition coefficient (Wildman–Crippen LogP) is 5.20. The number of aryl methyl sites for hydroxylation is 1. The molecule has 2 aromatic rings. The number of halogens is 3. The number of carbonyl (C=O) groups excluding carboxylic acids is 4. The maximum absolute atomic E-state index is 13.7. The Kier molecular flexibility index (Phi) is 7.31. The number of alkyl halides is 2. The number of hydrogen-bond acceptors (Lipinski definition) is 4. The summed E-state index contributed by atoms with van der Waals surface area (Å²) in [5.74, 6) is -2.99. The lowest BCUT2D eigenvalue weighted by Crippen LogP contribution is -2.56. The lowest BCUT2D eigenvalue weighted by molar-refractivity contribution is -0.156. The lowest BCUT2D eigenvalue weighted by Gasteiger charge is -2.34. The fourth-order valence-electron chi connectivity index (χ4n) is 4.52. The fraction of sp³-hybridized carbons (Fsp3) is 0.360. The molecule has 0 bridgehead atoms. The van der Waals surface area contributed by atoms with E-state index in [4.69, 9.17) is 11.6 Å². The van der Waals surface area contributed by atoms with E-state index in [0.717, 1.165) is 15.6 Å². The van der Waals surface area contributed by atoms with E-state index in [9.17, 15) is 19.2 Å². The number of hydrogen-bond donors (Lipinski definition) is 0. The molecule has 4 rings (SSSR count). The van der Waals surface area contributed by atoms with Gasteiger partial charge in [-0.15, -0.1) is 0 Å².